The number of hydrogen-bond acceptors (Lipinski definition) is 7. The van der Waals surface area contributed by atoms with Gasteiger partial charge in [0.25, 0.3) is 5.69 Å². The minimum atomic E-state index is -0.558. The number of benzene rings is 1. The molecule has 0 aromatic heterocycles. The van der Waals surface area contributed by atoms with Crippen molar-refractivity contribution < 1.29 is 24.0 Å². The number of aldehydes is 1. The standard InChI is InChI=1S/C16H21NO6S/c1-16(2,3)23-15(19)11-22-9-8-14(10-18)24-13-6-4-12(5-7-13)17(20)21/h4-7,10,14H,8-9,11H2,1-3H3. The number of nitro groups is 1. The molecule has 0 saturated heterocycles. The van der Waals surface area contributed by atoms with Crippen LogP contribution in [0.1, 0.15) is 27.2 Å². The zero-order valence-electron chi connectivity index (χ0n) is 13.9. The van der Waals surface area contributed by atoms with E-state index in [1.165, 1.54) is 23.9 Å². The van der Waals surface area contributed by atoms with Crippen LogP contribution in [0, 0.1) is 10.1 Å². The Hall–Kier alpha value is -1.93. The number of hydrogen-bond donors (Lipinski definition) is 0. The van der Waals surface area contributed by atoms with E-state index in [1.807, 2.05) is 0 Å². The van der Waals surface area contributed by atoms with Crippen LogP contribution in [0.2, 0.25) is 0 Å². The van der Waals surface area contributed by atoms with Gasteiger partial charge in [-0.25, -0.2) is 4.79 Å². The molecule has 132 valence electrons. The first kappa shape index (κ1) is 20.1. The fourth-order valence-corrected chi connectivity index (χ4v) is 2.61. The molecular formula is C16H21NO6S. The van der Waals surface area contributed by atoms with Gasteiger partial charge < -0.3 is 14.3 Å². The lowest BCUT2D eigenvalue weighted by atomic mass is 10.2. The number of nitro benzene ring substituents is 1. The highest BCUT2D eigenvalue weighted by atomic mass is 32.2. The van der Waals surface area contributed by atoms with Crippen molar-refractivity contribution >= 4 is 29.7 Å². The summed E-state index contributed by atoms with van der Waals surface area (Å²) in [4.78, 5) is 33.5. The second-order valence-electron chi connectivity index (χ2n) is 5.97. The third-order valence-corrected chi connectivity index (χ3v) is 3.87. The number of rotatable bonds is 9. The maximum atomic E-state index is 11.5. The number of nitrogens with zero attached hydrogens (tertiary/aromatic N) is 1. The van der Waals surface area contributed by atoms with Crippen LogP contribution in [-0.2, 0) is 19.1 Å². The molecule has 0 aliphatic carbocycles. The molecule has 1 aromatic carbocycles. The van der Waals surface area contributed by atoms with Gasteiger partial charge in [-0.05, 0) is 39.3 Å². The molecule has 0 fully saturated rings. The third kappa shape index (κ3) is 8.07. The van der Waals surface area contributed by atoms with Gasteiger partial charge in [0.2, 0.25) is 0 Å². The molecule has 1 unspecified atom stereocenters. The number of carbonyl (C=O) groups excluding carboxylic acids is 2. The van der Waals surface area contributed by atoms with E-state index in [0.29, 0.717) is 6.42 Å². The molecule has 1 aromatic rings. The van der Waals surface area contributed by atoms with Gasteiger partial charge in [-0.15, -0.1) is 11.8 Å². The molecule has 8 heteroatoms. The first-order valence-corrected chi connectivity index (χ1v) is 8.25. The van der Waals surface area contributed by atoms with Crippen molar-refractivity contribution in [3.63, 3.8) is 0 Å². The fourth-order valence-electron chi connectivity index (χ4n) is 1.70. The SMILES string of the molecule is CC(C)(C)OC(=O)COCCC(C=O)Sc1ccc([N+](=O)[O-])cc1. The van der Waals surface area contributed by atoms with E-state index in [0.717, 1.165) is 11.2 Å². The summed E-state index contributed by atoms with van der Waals surface area (Å²) in [6.45, 7) is 5.39. The van der Waals surface area contributed by atoms with E-state index in [2.05, 4.69) is 0 Å². The number of esters is 1. The largest absolute Gasteiger partial charge is 0.458 e. The Balaban J connectivity index is 2.36. The van der Waals surface area contributed by atoms with Crippen molar-refractivity contribution in [2.45, 2.75) is 42.9 Å². The van der Waals surface area contributed by atoms with Crippen LogP contribution in [0.3, 0.4) is 0 Å². The average Bonchev–Trinajstić information content (AvgIpc) is 2.49. The zero-order chi connectivity index (χ0) is 18.2. The number of ether oxygens (including phenoxy) is 2. The van der Waals surface area contributed by atoms with Gasteiger partial charge in [0.1, 0.15) is 18.5 Å². The summed E-state index contributed by atoms with van der Waals surface area (Å²) in [6.07, 6.45) is 1.22. The van der Waals surface area contributed by atoms with Crippen LogP contribution in [0.25, 0.3) is 0 Å². The Morgan fingerprint density at radius 2 is 1.96 bits per heavy atom. The second kappa shape index (κ2) is 9.39. The lowest BCUT2D eigenvalue weighted by Crippen LogP contribution is -2.26. The first-order chi connectivity index (χ1) is 11.2. The van der Waals surface area contributed by atoms with Gasteiger partial charge in [0.05, 0.1) is 10.2 Å². The van der Waals surface area contributed by atoms with Gasteiger partial charge in [0, 0.05) is 23.6 Å². The van der Waals surface area contributed by atoms with Gasteiger partial charge in [-0.1, -0.05) is 0 Å². The number of carbonyl (C=O) groups is 2. The predicted molar refractivity (Wildman–Crippen MR) is 90.1 cm³/mol. The minimum Gasteiger partial charge on any atom is -0.458 e. The monoisotopic (exact) mass is 355 g/mol. The molecular weight excluding hydrogens is 334 g/mol. The topological polar surface area (TPSA) is 95.7 Å². The summed E-state index contributed by atoms with van der Waals surface area (Å²) in [5, 5.41) is 10.2. The van der Waals surface area contributed by atoms with Crippen LogP contribution < -0.4 is 0 Å². The van der Waals surface area contributed by atoms with Crippen molar-refractivity contribution in [1.29, 1.82) is 0 Å². The summed E-state index contributed by atoms with van der Waals surface area (Å²) in [5.41, 5.74) is -0.555. The summed E-state index contributed by atoms with van der Waals surface area (Å²) < 4.78 is 10.3. The van der Waals surface area contributed by atoms with E-state index in [-0.39, 0.29) is 24.2 Å². The normalized spacial score (nSPS) is 12.5. The molecule has 0 spiro atoms. The fraction of sp³-hybridized carbons (Fsp3) is 0.500. The molecule has 0 saturated carbocycles. The first-order valence-electron chi connectivity index (χ1n) is 7.37. The molecule has 0 N–H and O–H groups in total. The molecule has 7 nitrogen and oxygen atoms in total. The Labute approximate surface area is 144 Å². The van der Waals surface area contributed by atoms with Gasteiger partial charge in [0.15, 0.2) is 0 Å². The highest BCUT2D eigenvalue weighted by Gasteiger charge is 2.16. The van der Waals surface area contributed by atoms with Crippen molar-refractivity contribution in [1.82, 2.24) is 0 Å². The quantitative estimate of drug-likeness (QED) is 0.168. The Kier molecular flexibility index (Phi) is 7.87. The van der Waals surface area contributed by atoms with Crippen molar-refractivity contribution in [3.8, 4) is 0 Å². The van der Waals surface area contributed by atoms with E-state index in [4.69, 9.17) is 9.47 Å². The van der Waals surface area contributed by atoms with Crippen LogP contribution in [0.4, 0.5) is 5.69 Å². The summed E-state index contributed by atoms with van der Waals surface area (Å²) in [7, 11) is 0. The van der Waals surface area contributed by atoms with E-state index in [9.17, 15) is 19.7 Å². The van der Waals surface area contributed by atoms with Crippen LogP contribution in [-0.4, -0.2) is 41.2 Å². The predicted octanol–water partition coefficient (Wildman–Crippen LogP) is 3.00. The lowest BCUT2D eigenvalue weighted by molar-refractivity contribution is -0.384. The van der Waals surface area contributed by atoms with E-state index >= 15 is 0 Å². The molecule has 1 atom stereocenters. The van der Waals surface area contributed by atoms with Crippen molar-refractivity contribution in [2.75, 3.05) is 13.2 Å². The summed E-state index contributed by atoms with van der Waals surface area (Å²) in [6, 6.07) is 5.98. The number of non-ortho nitro benzene ring substituents is 1. The zero-order valence-corrected chi connectivity index (χ0v) is 14.7. The summed E-state index contributed by atoms with van der Waals surface area (Å²) in [5.74, 6) is -0.451. The lowest BCUT2D eigenvalue weighted by Gasteiger charge is -2.19. The highest BCUT2D eigenvalue weighted by Crippen LogP contribution is 2.26. The average molecular weight is 355 g/mol. The Morgan fingerprint density at radius 1 is 1.33 bits per heavy atom. The van der Waals surface area contributed by atoms with Gasteiger partial charge in [-0.2, -0.15) is 0 Å². The van der Waals surface area contributed by atoms with Crippen LogP contribution in [0.5, 0.6) is 0 Å². The highest BCUT2D eigenvalue weighted by molar-refractivity contribution is 8.00. The van der Waals surface area contributed by atoms with E-state index in [1.54, 1.807) is 32.9 Å². The van der Waals surface area contributed by atoms with Crippen molar-refractivity contribution in [2.24, 2.45) is 0 Å². The number of thioether (sulfide) groups is 1. The smallest absolute Gasteiger partial charge is 0.332 e. The molecule has 0 bridgehead atoms. The molecule has 24 heavy (non-hydrogen) atoms. The van der Waals surface area contributed by atoms with Gasteiger partial charge >= 0.3 is 5.97 Å². The Bertz CT molecular complexity index is 567. The molecule has 1 rings (SSSR count). The molecule has 0 heterocycles. The molecule has 0 radical (unpaired) electrons. The van der Waals surface area contributed by atoms with Crippen LogP contribution >= 0.6 is 11.8 Å². The summed E-state index contributed by atoms with van der Waals surface area (Å²) >= 11 is 1.29. The molecule has 0 aliphatic heterocycles. The maximum Gasteiger partial charge on any atom is 0.332 e. The Morgan fingerprint density at radius 3 is 2.46 bits per heavy atom. The molecule has 0 amide bonds. The van der Waals surface area contributed by atoms with Crippen LogP contribution in [0.15, 0.2) is 29.2 Å². The molecule has 0 aliphatic rings. The minimum absolute atomic E-state index is 0.00250. The van der Waals surface area contributed by atoms with Crippen molar-refractivity contribution in [3.05, 3.63) is 34.4 Å². The second-order valence-corrected chi connectivity index (χ2v) is 7.28. The van der Waals surface area contributed by atoms with Gasteiger partial charge in [-0.3, -0.25) is 10.1 Å². The maximum absolute atomic E-state index is 11.5. The van der Waals surface area contributed by atoms with E-state index < -0.39 is 16.5 Å². The third-order valence-electron chi connectivity index (χ3n) is 2.67.